The first kappa shape index (κ1) is 21.0. The van der Waals surface area contributed by atoms with Crippen molar-refractivity contribution in [2.45, 2.75) is 37.3 Å². The number of halogens is 5. The van der Waals surface area contributed by atoms with E-state index in [2.05, 4.69) is 4.98 Å². The van der Waals surface area contributed by atoms with Gasteiger partial charge in [0.05, 0.1) is 11.0 Å². The van der Waals surface area contributed by atoms with Crippen LogP contribution in [-0.2, 0) is 5.41 Å². The molecule has 1 amide bonds. The highest BCUT2D eigenvalue weighted by atomic mass is 19.4. The molecule has 2 aromatic rings. The number of carbonyl (C=O) groups is 1. The van der Waals surface area contributed by atoms with Gasteiger partial charge in [0, 0.05) is 26.4 Å². The van der Waals surface area contributed by atoms with E-state index in [1.54, 1.807) is 21.0 Å². The van der Waals surface area contributed by atoms with Gasteiger partial charge in [0.1, 0.15) is 5.75 Å². The van der Waals surface area contributed by atoms with Gasteiger partial charge in [0.2, 0.25) is 5.88 Å². The number of hydrogen-bond acceptors (Lipinski definition) is 3. The molecule has 1 fully saturated rings. The number of amides is 1. The number of pyridine rings is 1. The van der Waals surface area contributed by atoms with E-state index in [0.29, 0.717) is 11.1 Å². The molecular formula is C20H19F5N2O2. The van der Waals surface area contributed by atoms with E-state index in [1.807, 2.05) is 0 Å². The summed E-state index contributed by atoms with van der Waals surface area (Å²) in [6.45, 7) is 1.56. The number of aromatic nitrogens is 1. The SMILES string of the molecule is Cc1cc(C2(C(F)(F)C(F)(F)F)CC2)ccc1Oc1ccc(C(=O)N(C)C)cn1. The van der Waals surface area contributed by atoms with Crippen LogP contribution in [0, 0.1) is 6.92 Å². The Kier molecular flexibility index (Phi) is 5.04. The molecule has 1 aliphatic carbocycles. The molecule has 0 unspecified atom stereocenters. The van der Waals surface area contributed by atoms with E-state index in [1.165, 1.54) is 41.4 Å². The fraction of sp³-hybridized carbons (Fsp3) is 0.400. The van der Waals surface area contributed by atoms with Crippen molar-refractivity contribution < 1.29 is 31.5 Å². The lowest BCUT2D eigenvalue weighted by Crippen LogP contribution is -2.47. The highest BCUT2D eigenvalue weighted by molar-refractivity contribution is 5.93. The molecular weight excluding hydrogens is 395 g/mol. The Bertz CT molecular complexity index is 919. The van der Waals surface area contributed by atoms with E-state index in [0.717, 1.165) is 0 Å². The third-order valence-corrected chi connectivity index (χ3v) is 5.04. The van der Waals surface area contributed by atoms with Gasteiger partial charge in [-0.3, -0.25) is 4.79 Å². The van der Waals surface area contributed by atoms with Crippen molar-refractivity contribution in [3.63, 3.8) is 0 Å². The second kappa shape index (κ2) is 6.96. The van der Waals surface area contributed by atoms with Crippen molar-refractivity contribution in [1.29, 1.82) is 0 Å². The van der Waals surface area contributed by atoms with Crippen LogP contribution in [0.15, 0.2) is 36.5 Å². The van der Waals surface area contributed by atoms with Crippen molar-refractivity contribution in [2.75, 3.05) is 14.1 Å². The van der Waals surface area contributed by atoms with Gasteiger partial charge < -0.3 is 9.64 Å². The summed E-state index contributed by atoms with van der Waals surface area (Å²) in [5, 5.41) is 0. The summed E-state index contributed by atoms with van der Waals surface area (Å²) in [5.41, 5.74) is -1.52. The zero-order chi connectivity index (χ0) is 21.6. The number of rotatable bonds is 5. The summed E-state index contributed by atoms with van der Waals surface area (Å²) >= 11 is 0. The van der Waals surface area contributed by atoms with E-state index in [9.17, 15) is 26.7 Å². The first-order valence-electron chi connectivity index (χ1n) is 8.80. The van der Waals surface area contributed by atoms with Crippen molar-refractivity contribution in [3.05, 3.63) is 53.2 Å². The normalized spacial score (nSPS) is 15.7. The molecule has 1 aliphatic rings. The van der Waals surface area contributed by atoms with E-state index >= 15 is 0 Å². The quantitative estimate of drug-likeness (QED) is 0.639. The lowest BCUT2D eigenvalue weighted by molar-refractivity contribution is -0.296. The smallest absolute Gasteiger partial charge is 0.439 e. The number of aryl methyl sites for hydroxylation is 1. The molecule has 1 aromatic heterocycles. The predicted molar refractivity (Wildman–Crippen MR) is 95.4 cm³/mol. The minimum Gasteiger partial charge on any atom is -0.439 e. The Balaban J connectivity index is 1.82. The van der Waals surface area contributed by atoms with Crippen LogP contribution in [0.1, 0.15) is 34.3 Å². The van der Waals surface area contributed by atoms with Crippen LogP contribution in [0.25, 0.3) is 0 Å². The first-order chi connectivity index (χ1) is 13.4. The highest BCUT2D eigenvalue weighted by Crippen LogP contribution is 2.63. The molecule has 3 rings (SSSR count). The molecule has 0 N–H and O–H groups in total. The number of nitrogens with zero attached hydrogens (tertiary/aromatic N) is 2. The van der Waals surface area contributed by atoms with Gasteiger partial charge in [-0.15, -0.1) is 0 Å². The van der Waals surface area contributed by atoms with Crippen molar-refractivity contribution >= 4 is 5.91 Å². The summed E-state index contributed by atoms with van der Waals surface area (Å²) in [6.07, 6.45) is -4.74. The Morgan fingerprint density at radius 2 is 1.76 bits per heavy atom. The monoisotopic (exact) mass is 414 g/mol. The second-order valence-electron chi connectivity index (χ2n) is 7.32. The average molecular weight is 414 g/mol. The van der Waals surface area contributed by atoms with Gasteiger partial charge in [-0.2, -0.15) is 22.0 Å². The fourth-order valence-electron chi connectivity index (χ4n) is 3.18. The average Bonchev–Trinajstić information content (AvgIpc) is 3.45. The van der Waals surface area contributed by atoms with Gasteiger partial charge in [-0.05, 0) is 43.0 Å². The molecule has 1 heterocycles. The Hall–Kier alpha value is -2.71. The zero-order valence-corrected chi connectivity index (χ0v) is 16.0. The predicted octanol–water partition coefficient (Wildman–Crippen LogP) is 5.11. The van der Waals surface area contributed by atoms with Crippen LogP contribution >= 0.6 is 0 Å². The zero-order valence-electron chi connectivity index (χ0n) is 16.0. The van der Waals surface area contributed by atoms with Gasteiger partial charge in [0.15, 0.2) is 0 Å². The summed E-state index contributed by atoms with van der Waals surface area (Å²) in [7, 11) is 3.21. The van der Waals surface area contributed by atoms with Crippen molar-refractivity contribution in [2.24, 2.45) is 0 Å². The fourth-order valence-corrected chi connectivity index (χ4v) is 3.18. The minimum absolute atomic E-state index is 0.0652. The third kappa shape index (κ3) is 3.65. The second-order valence-corrected chi connectivity index (χ2v) is 7.32. The van der Waals surface area contributed by atoms with Crippen LogP contribution in [0.3, 0.4) is 0 Å². The highest BCUT2D eigenvalue weighted by Gasteiger charge is 2.75. The molecule has 0 bridgehead atoms. The van der Waals surface area contributed by atoms with E-state index in [-0.39, 0.29) is 35.9 Å². The number of benzene rings is 1. The van der Waals surface area contributed by atoms with E-state index in [4.69, 9.17) is 4.74 Å². The maximum absolute atomic E-state index is 14.0. The molecule has 1 saturated carbocycles. The number of hydrogen-bond donors (Lipinski definition) is 0. The largest absolute Gasteiger partial charge is 0.454 e. The molecule has 0 aliphatic heterocycles. The Morgan fingerprint density at radius 3 is 2.21 bits per heavy atom. The number of carbonyl (C=O) groups excluding carboxylic acids is 1. The molecule has 29 heavy (non-hydrogen) atoms. The lowest BCUT2D eigenvalue weighted by Gasteiger charge is -2.29. The molecule has 4 nitrogen and oxygen atoms in total. The Labute approximate surface area is 164 Å². The van der Waals surface area contributed by atoms with Crippen LogP contribution in [-0.4, -0.2) is 42.0 Å². The molecule has 0 spiro atoms. The topological polar surface area (TPSA) is 42.4 Å². The first-order valence-corrected chi connectivity index (χ1v) is 8.80. The summed E-state index contributed by atoms with van der Waals surface area (Å²) in [4.78, 5) is 17.3. The van der Waals surface area contributed by atoms with Gasteiger partial charge >= 0.3 is 12.1 Å². The molecule has 9 heteroatoms. The van der Waals surface area contributed by atoms with Gasteiger partial charge in [-0.25, -0.2) is 4.98 Å². The summed E-state index contributed by atoms with van der Waals surface area (Å²) in [5.74, 6) is -4.59. The molecule has 0 saturated heterocycles. The van der Waals surface area contributed by atoms with Crippen LogP contribution in [0.5, 0.6) is 11.6 Å². The lowest BCUT2D eigenvalue weighted by atomic mass is 9.87. The van der Waals surface area contributed by atoms with Crippen molar-refractivity contribution in [3.8, 4) is 11.6 Å². The number of alkyl halides is 5. The maximum Gasteiger partial charge on any atom is 0.454 e. The Morgan fingerprint density at radius 1 is 1.10 bits per heavy atom. The third-order valence-electron chi connectivity index (χ3n) is 5.04. The van der Waals surface area contributed by atoms with Gasteiger partial charge in [-0.1, -0.05) is 12.1 Å². The maximum atomic E-state index is 14.0. The summed E-state index contributed by atoms with van der Waals surface area (Å²) < 4.78 is 72.2. The summed E-state index contributed by atoms with van der Waals surface area (Å²) in [6, 6.07) is 6.89. The van der Waals surface area contributed by atoms with Crippen LogP contribution < -0.4 is 4.74 Å². The van der Waals surface area contributed by atoms with Crippen LogP contribution in [0.4, 0.5) is 22.0 Å². The molecule has 1 aromatic carbocycles. The molecule has 0 atom stereocenters. The van der Waals surface area contributed by atoms with Crippen molar-refractivity contribution in [1.82, 2.24) is 9.88 Å². The molecule has 0 radical (unpaired) electrons. The number of ether oxygens (including phenoxy) is 1. The van der Waals surface area contributed by atoms with Crippen LogP contribution in [0.2, 0.25) is 0 Å². The molecule has 156 valence electrons. The minimum atomic E-state index is -5.61. The van der Waals surface area contributed by atoms with E-state index < -0.39 is 17.5 Å². The van der Waals surface area contributed by atoms with Gasteiger partial charge in [0.25, 0.3) is 5.91 Å². The standard InChI is InChI=1S/C20H19F5N2O2/c1-12-10-14(18(8-9-18)19(21,22)20(23,24)25)5-6-15(12)29-16-7-4-13(11-26-16)17(28)27(2)3/h4-7,10-11H,8-9H2,1-3H3.